The van der Waals surface area contributed by atoms with E-state index in [1.165, 1.54) is 43.7 Å². The van der Waals surface area contributed by atoms with Gasteiger partial charge in [-0.1, -0.05) is 60.7 Å². The Bertz CT molecular complexity index is 3640. The molecular weight excluding hydrogens is 1270 g/mol. The molecule has 0 radical (unpaired) electrons. The third kappa shape index (κ3) is 23.0. The molecule has 0 spiro atoms. The van der Waals surface area contributed by atoms with E-state index in [2.05, 4.69) is 73.4 Å². The maximum absolute atomic E-state index is 14.5. The molecule has 0 bridgehead atoms. The topological polar surface area (TPSA) is 575 Å². The fraction of sp³-hybridized carbons (Fsp3) is 0.403. The number of aromatic hydroxyl groups is 1. The van der Waals surface area contributed by atoms with Gasteiger partial charge in [-0.05, 0) is 61.6 Å². The highest BCUT2D eigenvalue weighted by Crippen LogP contribution is 2.20. The van der Waals surface area contributed by atoms with Crippen molar-refractivity contribution < 1.29 is 87.5 Å². The fourth-order valence-electron chi connectivity index (χ4n) is 10.1. The van der Waals surface area contributed by atoms with Gasteiger partial charge in [-0.3, -0.25) is 67.1 Å². The summed E-state index contributed by atoms with van der Waals surface area (Å²) in [6, 6.07) is 4.24. The van der Waals surface area contributed by atoms with E-state index in [-0.39, 0.29) is 43.5 Å². The van der Waals surface area contributed by atoms with Gasteiger partial charge in [0.2, 0.25) is 82.7 Å². The molecule has 6 rings (SSSR count). The number of rotatable bonds is 37. The number of fused-ring (bicyclic) bond motifs is 1. The van der Waals surface area contributed by atoms with Gasteiger partial charge < -0.3 is 106 Å². The Balaban J connectivity index is 1.19. The van der Waals surface area contributed by atoms with Crippen molar-refractivity contribution >= 4 is 93.6 Å². The number of hydrogen-bond donors (Lipinski definition) is 20. The minimum Gasteiger partial charge on any atom is -0.508 e. The number of amides is 14. The number of benzene rings is 3. The molecule has 23 N–H and O–H groups in total. The second-order valence-corrected chi connectivity index (χ2v) is 23.0. The van der Waals surface area contributed by atoms with Crippen molar-refractivity contribution in [3.8, 4) is 5.75 Å². The molecule has 35 nitrogen and oxygen atoms in total. The summed E-state index contributed by atoms with van der Waals surface area (Å²) in [5.41, 5.74) is 18.2. The summed E-state index contributed by atoms with van der Waals surface area (Å²) in [5.74, 6) is -14.2. The Hall–Kier alpha value is -11.3. The molecule has 0 unspecified atom stereocenters. The second-order valence-electron chi connectivity index (χ2n) is 23.0. The van der Waals surface area contributed by atoms with Crippen LogP contribution in [0.25, 0.3) is 10.9 Å². The molecule has 1 saturated heterocycles. The number of aliphatic hydroxyl groups is 3. The lowest BCUT2D eigenvalue weighted by molar-refractivity contribution is -0.136. The van der Waals surface area contributed by atoms with Crippen molar-refractivity contribution in [2.45, 2.75) is 144 Å². The van der Waals surface area contributed by atoms with Crippen LogP contribution in [-0.4, -0.2) is 204 Å². The number of primary amides is 3. The monoisotopic (exact) mass is 1350 g/mol. The minimum atomic E-state index is -1.91. The highest BCUT2D eigenvalue weighted by Gasteiger charge is 2.38. The van der Waals surface area contributed by atoms with E-state index in [1.807, 2.05) is 0 Å². The zero-order valence-electron chi connectivity index (χ0n) is 52.6. The maximum Gasteiger partial charge on any atom is 0.245 e. The van der Waals surface area contributed by atoms with Crippen LogP contribution < -0.4 is 75.7 Å². The number of nitrogens with zero attached hydrogens (tertiary/aromatic N) is 1. The summed E-state index contributed by atoms with van der Waals surface area (Å²) >= 11 is 0. The van der Waals surface area contributed by atoms with Crippen LogP contribution in [0.3, 0.4) is 0 Å². The Morgan fingerprint density at radius 2 is 1.09 bits per heavy atom. The van der Waals surface area contributed by atoms with Gasteiger partial charge in [0.15, 0.2) is 0 Å². The number of phenolic OH excluding ortho intramolecular Hbond substituents is 1. The van der Waals surface area contributed by atoms with E-state index in [0.29, 0.717) is 27.6 Å². The average molecular weight is 1350 g/mol. The first-order valence-corrected chi connectivity index (χ1v) is 30.6. The number of aromatic nitrogens is 3. The van der Waals surface area contributed by atoms with E-state index < -0.39 is 194 Å². The molecule has 97 heavy (non-hydrogen) atoms. The molecule has 35 heteroatoms. The van der Waals surface area contributed by atoms with Gasteiger partial charge in [-0.2, -0.15) is 0 Å². The van der Waals surface area contributed by atoms with Gasteiger partial charge in [-0.15, -0.1) is 0 Å². The standard InChI is InChI=1S/C62H79N17O18/c1-30(81)51(61(96)73-41(53(65)88)24-48(64)85)79-59(94)44(22-34-25-67-38-11-7-6-10-37(34)38)71-50(87)27-68-54(89)45(23-35-26-66-29-69-35)75-60(95)46(28-80)77-58(93)42(21-33-12-14-36(83)15-13-33)74-55(90)40(16-18-47(63)84)72-57(92)43(20-32-8-4-3-5-9-32)76-62(97)52(31(2)82)78-56(91)39-17-19-49(86)70-39/h3-15,25-26,29-31,39-46,51-52,67,80-83H,16-24,27-28H2,1-2H3,(H2,63,84)(H2,64,85)(H2,65,88)(H,66,69)(H,68,89)(H,70,86)(H,71,87)(H,72,92)(H,73,96)(H,74,90)(H,75,95)(H,76,97)(H,77,93)(H,78,91)(H,79,94)/t30-,31-,39+,40+,41+,42+,43+,44+,45+,46+,51+,52+/m1/s1. The van der Waals surface area contributed by atoms with E-state index in [9.17, 15) is 87.5 Å². The van der Waals surface area contributed by atoms with Crippen molar-refractivity contribution in [1.29, 1.82) is 0 Å². The number of carbonyl (C=O) groups is 14. The van der Waals surface area contributed by atoms with Gasteiger partial charge >= 0.3 is 0 Å². The van der Waals surface area contributed by atoms with Gasteiger partial charge in [0.25, 0.3) is 0 Å². The third-order valence-electron chi connectivity index (χ3n) is 15.3. The second kappa shape index (κ2) is 35.8. The maximum atomic E-state index is 14.5. The van der Waals surface area contributed by atoms with Crippen LogP contribution in [0.5, 0.6) is 5.75 Å². The first-order chi connectivity index (χ1) is 46.1. The Morgan fingerprint density at radius 3 is 1.66 bits per heavy atom. The third-order valence-corrected chi connectivity index (χ3v) is 15.3. The predicted molar refractivity (Wildman–Crippen MR) is 340 cm³/mol. The zero-order chi connectivity index (χ0) is 71.0. The summed E-state index contributed by atoms with van der Waals surface area (Å²) < 4.78 is 0. The summed E-state index contributed by atoms with van der Waals surface area (Å²) in [4.78, 5) is 197. The number of nitrogens with one attached hydrogen (secondary N) is 13. The van der Waals surface area contributed by atoms with Crippen molar-refractivity contribution in [3.63, 3.8) is 0 Å². The van der Waals surface area contributed by atoms with Crippen LogP contribution in [0.1, 0.15) is 68.3 Å². The van der Waals surface area contributed by atoms with E-state index >= 15 is 0 Å². The number of imidazole rings is 1. The molecule has 3 aromatic carbocycles. The van der Waals surface area contributed by atoms with Gasteiger partial charge in [0, 0.05) is 67.5 Å². The molecule has 3 heterocycles. The van der Waals surface area contributed by atoms with Crippen LogP contribution >= 0.6 is 0 Å². The van der Waals surface area contributed by atoms with Gasteiger partial charge in [0.1, 0.15) is 66.2 Å². The number of nitrogens with two attached hydrogens (primary N) is 3. The van der Waals surface area contributed by atoms with Crippen LogP contribution in [0.15, 0.2) is 97.6 Å². The number of phenols is 1. The lowest BCUT2D eigenvalue weighted by Gasteiger charge is -2.28. The van der Waals surface area contributed by atoms with Gasteiger partial charge in [-0.25, -0.2) is 4.98 Å². The quantitative estimate of drug-likeness (QED) is 0.0176. The van der Waals surface area contributed by atoms with Crippen LogP contribution in [-0.2, 0) is 92.8 Å². The van der Waals surface area contributed by atoms with E-state index in [4.69, 9.17) is 17.2 Å². The Labute approximate surface area is 553 Å². The SMILES string of the molecule is C[C@@H](O)[C@H](NC(=O)[C@H](Cc1c[nH]c2ccccc12)NC(=O)CNC(=O)[C@H](Cc1cnc[nH]1)NC(=O)[C@H](CO)NC(=O)[C@H](Cc1ccc(O)cc1)NC(=O)[C@H](CCC(N)=O)NC(=O)[C@H](Cc1ccccc1)NC(=O)[C@@H](NC(=O)[C@@H]1CCC(=O)N1)[C@@H](C)O)C(=O)N[C@@H](CC(N)=O)C(N)=O. The number of hydrogen-bond acceptors (Lipinski definition) is 19. The van der Waals surface area contributed by atoms with Crippen molar-refractivity contribution in [2.24, 2.45) is 17.2 Å². The number of H-pyrrole nitrogens is 2. The zero-order valence-corrected chi connectivity index (χ0v) is 52.6. The first-order valence-electron chi connectivity index (χ1n) is 30.6. The molecular formula is C62H79N17O18. The van der Waals surface area contributed by atoms with E-state index in [1.54, 1.807) is 60.8 Å². The molecule has 0 saturated carbocycles. The van der Waals surface area contributed by atoms with E-state index in [0.717, 1.165) is 6.92 Å². The highest BCUT2D eigenvalue weighted by atomic mass is 16.3. The molecule has 520 valence electrons. The molecule has 2 aromatic heterocycles. The smallest absolute Gasteiger partial charge is 0.245 e. The largest absolute Gasteiger partial charge is 0.508 e. The number of aliphatic hydroxyl groups excluding tert-OH is 3. The predicted octanol–water partition coefficient (Wildman–Crippen LogP) is -6.99. The summed E-state index contributed by atoms with van der Waals surface area (Å²) in [6.45, 7) is 0.310. The first kappa shape index (κ1) is 74.7. The van der Waals surface area contributed by atoms with Crippen molar-refractivity contribution in [3.05, 3.63) is 120 Å². The molecule has 1 fully saturated rings. The van der Waals surface area contributed by atoms with Crippen LogP contribution in [0.2, 0.25) is 0 Å². The summed E-state index contributed by atoms with van der Waals surface area (Å²) in [5, 5.41) is 69.1. The van der Waals surface area contributed by atoms with Crippen molar-refractivity contribution in [2.75, 3.05) is 13.2 Å². The lowest BCUT2D eigenvalue weighted by Crippen LogP contribution is -2.62. The average Bonchev–Trinajstić information content (AvgIpc) is 1.75. The molecule has 14 amide bonds. The molecule has 1 aliphatic heterocycles. The summed E-state index contributed by atoms with van der Waals surface area (Å²) in [6.07, 6.45) is -1.91. The lowest BCUT2D eigenvalue weighted by atomic mass is 10.0. The number of para-hydroxylation sites is 1. The fourth-order valence-corrected chi connectivity index (χ4v) is 10.1. The highest BCUT2D eigenvalue weighted by molar-refractivity contribution is 6.00. The van der Waals surface area contributed by atoms with Crippen LogP contribution in [0.4, 0.5) is 0 Å². The Morgan fingerprint density at radius 1 is 0.567 bits per heavy atom. The normalized spacial score (nSPS) is 16.0. The molecule has 1 aliphatic rings. The molecule has 5 aromatic rings. The van der Waals surface area contributed by atoms with Crippen molar-refractivity contribution in [1.82, 2.24) is 73.4 Å². The summed E-state index contributed by atoms with van der Waals surface area (Å²) in [7, 11) is 0. The molecule has 12 atom stereocenters. The Kier molecular flexibility index (Phi) is 27.6. The number of carbonyl (C=O) groups excluding carboxylic acids is 14. The minimum absolute atomic E-state index is 0.0432. The van der Waals surface area contributed by atoms with Crippen LogP contribution in [0, 0.1) is 0 Å². The van der Waals surface area contributed by atoms with Gasteiger partial charge in [0.05, 0.1) is 38.1 Å². The number of aromatic amines is 2. The molecule has 0 aliphatic carbocycles.